The Kier molecular flexibility index (Phi) is 8.24. The minimum absolute atomic E-state index is 0.0588. The van der Waals surface area contributed by atoms with Crippen molar-refractivity contribution in [3.05, 3.63) is 12.2 Å². The first-order chi connectivity index (χ1) is 8.86. The standard InChI is InChI=1S/C13H21NO5/c1-5-18-12(16)6-7-13(17)19-8-11(9(2)3)14-10(4)15/h6-7,9,11H,5,8H2,1-4H3,(H,14,15)/b7-6+/t11-/m1/s1. The Balaban J connectivity index is 4.18. The van der Waals surface area contributed by atoms with E-state index in [0.29, 0.717) is 0 Å². The zero-order chi connectivity index (χ0) is 14.8. The normalized spacial score (nSPS) is 12.3. The first-order valence-electron chi connectivity index (χ1n) is 6.15. The first kappa shape index (κ1) is 17.2. The van der Waals surface area contributed by atoms with Gasteiger partial charge in [0.2, 0.25) is 5.91 Å². The van der Waals surface area contributed by atoms with Crippen LogP contribution in [0.4, 0.5) is 0 Å². The quantitative estimate of drug-likeness (QED) is 0.547. The first-order valence-corrected chi connectivity index (χ1v) is 6.15. The smallest absolute Gasteiger partial charge is 0.331 e. The Labute approximate surface area is 113 Å². The van der Waals surface area contributed by atoms with Gasteiger partial charge < -0.3 is 14.8 Å². The summed E-state index contributed by atoms with van der Waals surface area (Å²) in [7, 11) is 0. The van der Waals surface area contributed by atoms with Crippen LogP contribution in [0.25, 0.3) is 0 Å². The monoisotopic (exact) mass is 271 g/mol. The zero-order valence-corrected chi connectivity index (χ0v) is 11.8. The Bertz CT molecular complexity index is 349. The van der Waals surface area contributed by atoms with Crippen LogP contribution in [0.1, 0.15) is 27.7 Å². The fraction of sp³-hybridized carbons (Fsp3) is 0.615. The number of esters is 2. The molecule has 6 heteroatoms. The second-order valence-electron chi connectivity index (χ2n) is 4.27. The second kappa shape index (κ2) is 9.13. The fourth-order valence-corrected chi connectivity index (χ4v) is 1.21. The lowest BCUT2D eigenvalue weighted by molar-refractivity contribution is -0.141. The predicted molar refractivity (Wildman–Crippen MR) is 69.2 cm³/mol. The number of rotatable bonds is 7. The van der Waals surface area contributed by atoms with Crippen molar-refractivity contribution in [3.8, 4) is 0 Å². The predicted octanol–water partition coefficient (Wildman–Crippen LogP) is 0.810. The highest BCUT2D eigenvalue weighted by Gasteiger charge is 2.16. The number of carbonyl (C=O) groups excluding carboxylic acids is 3. The number of hydrogen-bond donors (Lipinski definition) is 1. The lowest BCUT2D eigenvalue weighted by Crippen LogP contribution is -2.41. The molecule has 0 radical (unpaired) electrons. The van der Waals surface area contributed by atoms with Crippen molar-refractivity contribution in [1.82, 2.24) is 5.32 Å². The minimum Gasteiger partial charge on any atom is -0.463 e. The average Bonchev–Trinajstić information content (AvgIpc) is 2.31. The van der Waals surface area contributed by atoms with Crippen LogP contribution in [0.3, 0.4) is 0 Å². The Morgan fingerprint density at radius 2 is 1.63 bits per heavy atom. The number of amides is 1. The van der Waals surface area contributed by atoms with E-state index in [4.69, 9.17) is 4.74 Å². The van der Waals surface area contributed by atoms with Gasteiger partial charge >= 0.3 is 11.9 Å². The molecule has 108 valence electrons. The second-order valence-corrected chi connectivity index (χ2v) is 4.27. The maximum Gasteiger partial charge on any atom is 0.331 e. The third-order valence-corrected chi connectivity index (χ3v) is 2.24. The zero-order valence-electron chi connectivity index (χ0n) is 11.8. The van der Waals surface area contributed by atoms with Crippen molar-refractivity contribution >= 4 is 17.8 Å². The van der Waals surface area contributed by atoms with Crippen molar-refractivity contribution in [3.63, 3.8) is 0 Å². The van der Waals surface area contributed by atoms with Crippen LogP contribution in [-0.2, 0) is 23.9 Å². The molecule has 0 aromatic rings. The van der Waals surface area contributed by atoms with E-state index >= 15 is 0 Å². The van der Waals surface area contributed by atoms with Crippen LogP contribution in [0.15, 0.2) is 12.2 Å². The van der Waals surface area contributed by atoms with Crippen LogP contribution in [0, 0.1) is 5.92 Å². The van der Waals surface area contributed by atoms with E-state index in [0.717, 1.165) is 12.2 Å². The van der Waals surface area contributed by atoms with Gasteiger partial charge in [-0.05, 0) is 12.8 Å². The largest absolute Gasteiger partial charge is 0.463 e. The highest BCUT2D eigenvalue weighted by Crippen LogP contribution is 2.02. The van der Waals surface area contributed by atoms with Gasteiger partial charge in [0.25, 0.3) is 0 Å². The maximum absolute atomic E-state index is 11.3. The third-order valence-electron chi connectivity index (χ3n) is 2.24. The molecule has 0 heterocycles. The van der Waals surface area contributed by atoms with Gasteiger partial charge in [-0.15, -0.1) is 0 Å². The van der Waals surface area contributed by atoms with E-state index in [1.54, 1.807) is 6.92 Å². The molecule has 1 atom stereocenters. The van der Waals surface area contributed by atoms with Crippen LogP contribution in [-0.4, -0.2) is 37.1 Å². The number of nitrogens with one attached hydrogen (secondary N) is 1. The molecule has 0 saturated carbocycles. The summed E-state index contributed by atoms with van der Waals surface area (Å²) < 4.78 is 9.56. The summed E-state index contributed by atoms with van der Waals surface area (Å²) >= 11 is 0. The van der Waals surface area contributed by atoms with Gasteiger partial charge in [0.1, 0.15) is 6.61 Å². The summed E-state index contributed by atoms with van der Waals surface area (Å²) in [4.78, 5) is 33.3. The van der Waals surface area contributed by atoms with Crippen molar-refractivity contribution < 1.29 is 23.9 Å². The summed E-state index contributed by atoms with van der Waals surface area (Å²) in [5.41, 5.74) is 0. The molecule has 0 aromatic carbocycles. The number of carbonyl (C=O) groups is 3. The molecule has 1 N–H and O–H groups in total. The van der Waals surface area contributed by atoms with Crippen molar-refractivity contribution in [1.29, 1.82) is 0 Å². The summed E-state index contributed by atoms with van der Waals surface area (Å²) in [5.74, 6) is -1.30. The average molecular weight is 271 g/mol. The third kappa shape index (κ3) is 8.82. The van der Waals surface area contributed by atoms with Crippen molar-refractivity contribution in [2.75, 3.05) is 13.2 Å². The molecule has 0 aromatic heterocycles. The van der Waals surface area contributed by atoms with E-state index < -0.39 is 11.9 Å². The molecule has 0 bridgehead atoms. The molecule has 0 aliphatic heterocycles. The van der Waals surface area contributed by atoms with E-state index in [-0.39, 0.29) is 31.1 Å². The summed E-state index contributed by atoms with van der Waals surface area (Å²) in [5, 5.41) is 2.69. The Morgan fingerprint density at radius 3 is 2.05 bits per heavy atom. The summed E-state index contributed by atoms with van der Waals surface area (Å²) in [6.07, 6.45) is 2.01. The summed E-state index contributed by atoms with van der Waals surface area (Å²) in [6.45, 7) is 7.19. The lowest BCUT2D eigenvalue weighted by Gasteiger charge is -2.20. The molecule has 0 saturated heterocycles. The van der Waals surface area contributed by atoms with Gasteiger partial charge in [-0.3, -0.25) is 4.79 Å². The van der Waals surface area contributed by atoms with Crippen LogP contribution in [0.2, 0.25) is 0 Å². The molecule has 0 rings (SSSR count). The van der Waals surface area contributed by atoms with E-state index in [2.05, 4.69) is 10.1 Å². The van der Waals surface area contributed by atoms with Gasteiger partial charge in [-0.1, -0.05) is 13.8 Å². The summed E-state index contributed by atoms with van der Waals surface area (Å²) in [6, 6.07) is -0.252. The number of hydrogen-bond acceptors (Lipinski definition) is 5. The van der Waals surface area contributed by atoms with Gasteiger partial charge in [-0.2, -0.15) is 0 Å². The molecule has 1 amide bonds. The highest BCUT2D eigenvalue weighted by atomic mass is 16.5. The maximum atomic E-state index is 11.3. The molecule has 0 fully saturated rings. The van der Waals surface area contributed by atoms with Gasteiger partial charge in [0.15, 0.2) is 0 Å². The molecular formula is C13H21NO5. The number of ether oxygens (including phenoxy) is 2. The molecule has 0 aliphatic carbocycles. The van der Waals surface area contributed by atoms with Crippen LogP contribution in [0.5, 0.6) is 0 Å². The fourth-order valence-electron chi connectivity index (χ4n) is 1.21. The Hall–Kier alpha value is -1.85. The lowest BCUT2D eigenvalue weighted by atomic mass is 10.1. The van der Waals surface area contributed by atoms with Gasteiger partial charge in [0, 0.05) is 19.1 Å². The van der Waals surface area contributed by atoms with Gasteiger partial charge in [-0.25, -0.2) is 9.59 Å². The molecule has 0 spiro atoms. The van der Waals surface area contributed by atoms with Gasteiger partial charge in [0.05, 0.1) is 12.6 Å². The minimum atomic E-state index is -0.649. The Morgan fingerprint density at radius 1 is 1.11 bits per heavy atom. The molecule has 0 aliphatic rings. The van der Waals surface area contributed by atoms with Crippen molar-refractivity contribution in [2.45, 2.75) is 33.7 Å². The van der Waals surface area contributed by atoms with E-state index in [1.165, 1.54) is 6.92 Å². The van der Waals surface area contributed by atoms with Crippen LogP contribution < -0.4 is 5.32 Å². The van der Waals surface area contributed by atoms with Crippen LogP contribution >= 0.6 is 0 Å². The highest BCUT2D eigenvalue weighted by molar-refractivity contribution is 5.91. The molecule has 19 heavy (non-hydrogen) atoms. The topological polar surface area (TPSA) is 81.7 Å². The molecule has 6 nitrogen and oxygen atoms in total. The van der Waals surface area contributed by atoms with E-state index in [1.807, 2.05) is 13.8 Å². The van der Waals surface area contributed by atoms with Crippen molar-refractivity contribution in [2.24, 2.45) is 5.92 Å². The SMILES string of the molecule is CCOC(=O)/C=C/C(=O)OC[C@@H](NC(C)=O)C(C)C. The van der Waals surface area contributed by atoms with E-state index in [9.17, 15) is 14.4 Å². The molecular weight excluding hydrogens is 250 g/mol. The molecule has 0 unspecified atom stereocenters.